The molecule has 1 saturated carbocycles. The zero-order valence-electron chi connectivity index (χ0n) is 15.4. The van der Waals surface area contributed by atoms with E-state index in [0.29, 0.717) is 23.4 Å². The first-order chi connectivity index (χ1) is 13.6. The van der Waals surface area contributed by atoms with Crippen LogP contribution in [0, 0.1) is 6.92 Å². The molecule has 144 valence electrons. The Balaban J connectivity index is 1.64. The van der Waals surface area contributed by atoms with Crippen LogP contribution in [0.1, 0.15) is 34.0 Å². The number of carbonyl (C=O) groups excluding carboxylic acids is 1. The number of aryl methyl sites for hydroxylation is 1. The van der Waals surface area contributed by atoms with Gasteiger partial charge in [0.05, 0.1) is 12.1 Å². The molecular formula is C22H22N2O4. The van der Waals surface area contributed by atoms with E-state index in [2.05, 4.69) is 10.5 Å². The van der Waals surface area contributed by atoms with Crippen molar-refractivity contribution in [1.82, 2.24) is 10.5 Å². The molecule has 0 radical (unpaired) electrons. The monoisotopic (exact) mass is 378 g/mol. The third kappa shape index (κ3) is 3.32. The van der Waals surface area contributed by atoms with Crippen LogP contribution in [0.4, 0.5) is 0 Å². The maximum absolute atomic E-state index is 13.1. The minimum absolute atomic E-state index is 0.185. The third-order valence-corrected chi connectivity index (χ3v) is 5.35. The Morgan fingerprint density at radius 3 is 2.39 bits per heavy atom. The van der Waals surface area contributed by atoms with Crippen molar-refractivity contribution in [2.24, 2.45) is 0 Å². The Morgan fingerprint density at radius 1 is 1.07 bits per heavy atom. The van der Waals surface area contributed by atoms with Crippen molar-refractivity contribution in [3.8, 4) is 11.3 Å². The molecule has 0 aliphatic heterocycles. The number of hydrogen-bond donors (Lipinski definition) is 3. The van der Waals surface area contributed by atoms with Gasteiger partial charge < -0.3 is 20.1 Å². The van der Waals surface area contributed by atoms with Crippen molar-refractivity contribution in [2.75, 3.05) is 0 Å². The molecule has 0 bridgehead atoms. The molecule has 0 saturated heterocycles. The highest BCUT2D eigenvalue weighted by molar-refractivity contribution is 6.01. The fourth-order valence-corrected chi connectivity index (χ4v) is 3.91. The summed E-state index contributed by atoms with van der Waals surface area (Å²) in [5.41, 5.74) is 2.54. The molecule has 4 atom stereocenters. The lowest BCUT2D eigenvalue weighted by Gasteiger charge is -2.24. The van der Waals surface area contributed by atoms with Crippen molar-refractivity contribution in [2.45, 2.75) is 37.5 Å². The molecule has 1 aromatic heterocycles. The number of aromatic nitrogens is 1. The van der Waals surface area contributed by atoms with Gasteiger partial charge in [0.2, 0.25) is 0 Å². The van der Waals surface area contributed by atoms with Gasteiger partial charge in [-0.25, -0.2) is 0 Å². The van der Waals surface area contributed by atoms with E-state index in [-0.39, 0.29) is 11.8 Å². The third-order valence-electron chi connectivity index (χ3n) is 5.35. The molecule has 2 aromatic carbocycles. The average molecular weight is 378 g/mol. The average Bonchev–Trinajstić information content (AvgIpc) is 3.24. The quantitative estimate of drug-likeness (QED) is 0.649. The van der Waals surface area contributed by atoms with Crippen molar-refractivity contribution in [1.29, 1.82) is 0 Å². The van der Waals surface area contributed by atoms with Crippen LogP contribution in [0.2, 0.25) is 0 Å². The topological polar surface area (TPSA) is 95.6 Å². The molecule has 4 rings (SSSR count). The second kappa shape index (κ2) is 7.58. The summed E-state index contributed by atoms with van der Waals surface area (Å²) in [4.78, 5) is 13.1. The maximum Gasteiger partial charge on any atom is 0.257 e. The molecule has 6 nitrogen and oxygen atoms in total. The molecule has 0 spiro atoms. The number of nitrogens with one attached hydrogen (secondary N) is 1. The lowest BCUT2D eigenvalue weighted by atomic mass is 9.93. The van der Waals surface area contributed by atoms with Gasteiger partial charge in [0.1, 0.15) is 23.1 Å². The van der Waals surface area contributed by atoms with Crippen molar-refractivity contribution < 1.29 is 19.5 Å². The molecule has 1 aliphatic carbocycles. The second-order valence-electron chi connectivity index (χ2n) is 7.14. The molecule has 3 N–H and O–H groups in total. The van der Waals surface area contributed by atoms with E-state index in [9.17, 15) is 15.0 Å². The lowest BCUT2D eigenvalue weighted by molar-refractivity contribution is 0.0294. The summed E-state index contributed by atoms with van der Waals surface area (Å²) in [6.07, 6.45) is -1.56. The van der Waals surface area contributed by atoms with Crippen LogP contribution in [0.5, 0.6) is 0 Å². The van der Waals surface area contributed by atoms with Gasteiger partial charge >= 0.3 is 0 Å². The van der Waals surface area contributed by atoms with E-state index in [4.69, 9.17) is 4.52 Å². The SMILES string of the molecule is Cc1onc(-c2ccccc2)c1C(=O)NC1C(c2ccccc2)CC(O)C1O. The zero-order valence-corrected chi connectivity index (χ0v) is 15.4. The van der Waals surface area contributed by atoms with Gasteiger partial charge in [-0.3, -0.25) is 4.79 Å². The van der Waals surface area contributed by atoms with Gasteiger partial charge in [-0.05, 0) is 18.9 Å². The fourth-order valence-electron chi connectivity index (χ4n) is 3.91. The Bertz CT molecular complexity index is 955. The normalized spacial score (nSPS) is 24.2. The first kappa shape index (κ1) is 18.4. The zero-order chi connectivity index (χ0) is 19.7. The predicted octanol–water partition coefficient (Wildman–Crippen LogP) is 2.66. The van der Waals surface area contributed by atoms with E-state index in [1.807, 2.05) is 60.7 Å². The highest BCUT2D eigenvalue weighted by atomic mass is 16.5. The highest BCUT2D eigenvalue weighted by Gasteiger charge is 2.43. The largest absolute Gasteiger partial charge is 0.390 e. The fraction of sp³-hybridized carbons (Fsp3) is 0.273. The molecule has 1 fully saturated rings. The van der Waals surface area contributed by atoms with Crippen molar-refractivity contribution >= 4 is 5.91 Å². The Kier molecular flexibility index (Phi) is 4.98. The standard InChI is InChI=1S/C22H22N2O4/c1-13-18(19(24-28-13)15-10-6-3-7-11-15)22(27)23-20-16(12-17(25)21(20)26)14-8-4-2-5-9-14/h2-11,16-17,20-21,25-26H,12H2,1H3,(H,23,27). The van der Waals surface area contributed by atoms with Crippen LogP contribution in [0.25, 0.3) is 11.3 Å². The van der Waals surface area contributed by atoms with Crippen LogP contribution in [0.15, 0.2) is 65.2 Å². The molecule has 28 heavy (non-hydrogen) atoms. The van der Waals surface area contributed by atoms with E-state index in [1.54, 1.807) is 6.92 Å². The Hall–Kier alpha value is -2.96. The summed E-state index contributed by atoms with van der Waals surface area (Å²) in [7, 11) is 0. The van der Waals surface area contributed by atoms with Gasteiger partial charge in [-0.1, -0.05) is 65.8 Å². The summed E-state index contributed by atoms with van der Waals surface area (Å²) in [6.45, 7) is 1.68. The minimum atomic E-state index is -1.05. The number of amides is 1. The van der Waals surface area contributed by atoms with Crippen molar-refractivity contribution in [3.63, 3.8) is 0 Å². The molecule has 1 amide bonds. The van der Waals surface area contributed by atoms with Crippen LogP contribution in [-0.2, 0) is 0 Å². The summed E-state index contributed by atoms with van der Waals surface area (Å²) in [6, 6.07) is 18.3. The molecule has 1 heterocycles. The van der Waals surface area contributed by atoms with Gasteiger partial charge in [0.15, 0.2) is 0 Å². The molecule has 3 aromatic rings. The molecule has 6 heteroatoms. The first-order valence-electron chi connectivity index (χ1n) is 9.30. The number of aliphatic hydroxyl groups excluding tert-OH is 2. The highest BCUT2D eigenvalue weighted by Crippen LogP contribution is 2.36. The summed E-state index contributed by atoms with van der Waals surface area (Å²) < 4.78 is 5.27. The van der Waals surface area contributed by atoms with E-state index < -0.39 is 18.2 Å². The van der Waals surface area contributed by atoms with Crippen LogP contribution in [-0.4, -0.2) is 39.5 Å². The summed E-state index contributed by atoms with van der Waals surface area (Å²) in [5, 5.41) is 27.6. The molecular weight excluding hydrogens is 356 g/mol. The van der Waals surface area contributed by atoms with Crippen molar-refractivity contribution in [3.05, 3.63) is 77.6 Å². The smallest absolute Gasteiger partial charge is 0.257 e. The Labute approximate surface area is 162 Å². The lowest BCUT2D eigenvalue weighted by Crippen LogP contribution is -2.45. The van der Waals surface area contributed by atoms with E-state index in [0.717, 1.165) is 11.1 Å². The molecule has 1 aliphatic rings. The number of benzene rings is 2. The van der Waals surface area contributed by atoms with E-state index >= 15 is 0 Å². The summed E-state index contributed by atoms with van der Waals surface area (Å²) in [5.74, 6) is -0.159. The predicted molar refractivity (Wildman–Crippen MR) is 104 cm³/mol. The first-order valence-corrected chi connectivity index (χ1v) is 9.30. The van der Waals surface area contributed by atoms with Gasteiger partial charge in [0.25, 0.3) is 5.91 Å². The second-order valence-corrected chi connectivity index (χ2v) is 7.14. The van der Waals surface area contributed by atoms with Crippen LogP contribution < -0.4 is 5.32 Å². The van der Waals surface area contributed by atoms with Crippen LogP contribution >= 0.6 is 0 Å². The van der Waals surface area contributed by atoms with E-state index in [1.165, 1.54) is 0 Å². The number of hydrogen-bond acceptors (Lipinski definition) is 5. The summed E-state index contributed by atoms with van der Waals surface area (Å²) >= 11 is 0. The van der Waals surface area contributed by atoms with Gasteiger partial charge in [0, 0.05) is 11.5 Å². The number of nitrogens with zero attached hydrogens (tertiary/aromatic N) is 1. The minimum Gasteiger partial charge on any atom is -0.390 e. The number of rotatable bonds is 4. The van der Waals surface area contributed by atoms with Gasteiger partial charge in [-0.2, -0.15) is 0 Å². The van der Waals surface area contributed by atoms with Gasteiger partial charge in [-0.15, -0.1) is 0 Å². The Morgan fingerprint density at radius 2 is 1.71 bits per heavy atom. The van der Waals surface area contributed by atoms with Crippen LogP contribution in [0.3, 0.4) is 0 Å². The number of carbonyl (C=O) groups is 1. The number of aliphatic hydroxyl groups is 2. The maximum atomic E-state index is 13.1. The molecule has 4 unspecified atom stereocenters.